The maximum absolute atomic E-state index is 12.8. The van der Waals surface area contributed by atoms with Crippen LogP contribution in [0, 0.1) is 5.41 Å². The Morgan fingerprint density at radius 3 is 2.74 bits per heavy atom. The van der Waals surface area contributed by atoms with Crippen LogP contribution in [0.25, 0.3) is 0 Å². The SMILES string of the molecule is COCC1(C(=O)O)CCCN(C(=O)c2cc(OC)ccc2Br)C1. The number of amides is 1. The molecule has 7 heteroatoms. The van der Waals surface area contributed by atoms with Crippen molar-refractivity contribution in [2.75, 3.05) is 33.9 Å². The number of aliphatic carboxylic acids is 1. The van der Waals surface area contributed by atoms with Gasteiger partial charge in [0.05, 0.1) is 19.3 Å². The quantitative estimate of drug-likeness (QED) is 0.841. The molecular weight excluding hydrogens is 366 g/mol. The van der Waals surface area contributed by atoms with E-state index in [0.29, 0.717) is 35.2 Å². The average molecular weight is 386 g/mol. The molecule has 1 aliphatic rings. The minimum absolute atomic E-state index is 0.0887. The largest absolute Gasteiger partial charge is 0.497 e. The summed E-state index contributed by atoms with van der Waals surface area (Å²) in [5, 5.41) is 9.58. The number of hydrogen-bond acceptors (Lipinski definition) is 4. The number of nitrogens with zero attached hydrogens (tertiary/aromatic N) is 1. The van der Waals surface area contributed by atoms with Crippen molar-refractivity contribution in [2.45, 2.75) is 12.8 Å². The molecule has 1 amide bonds. The minimum Gasteiger partial charge on any atom is -0.497 e. The van der Waals surface area contributed by atoms with Gasteiger partial charge in [-0.2, -0.15) is 0 Å². The molecule has 0 bridgehead atoms. The Morgan fingerprint density at radius 1 is 1.39 bits per heavy atom. The number of methoxy groups -OCH3 is 2. The number of benzene rings is 1. The van der Waals surface area contributed by atoms with Crippen LogP contribution in [0.1, 0.15) is 23.2 Å². The average Bonchev–Trinajstić information content (AvgIpc) is 2.55. The van der Waals surface area contributed by atoms with Gasteiger partial charge in [0.1, 0.15) is 11.2 Å². The van der Waals surface area contributed by atoms with Gasteiger partial charge in [0, 0.05) is 24.7 Å². The molecule has 126 valence electrons. The molecule has 1 aromatic rings. The topological polar surface area (TPSA) is 76.1 Å². The third-order valence-corrected chi connectivity index (χ3v) is 4.83. The van der Waals surface area contributed by atoms with Crippen LogP contribution in [0.4, 0.5) is 0 Å². The first-order valence-corrected chi connectivity index (χ1v) is 8.08. The van der Waals surface area contributed by atoms with Gasteiger partial charge in [-0.3, -0.25) is 9.59 Å². The molecule has 0 radical (unpaired) electrons. The van der Waals surface area contributed by atoms with Crippen LogP contribution in [0.2, 0.25) is 0 Å². The van der Waals surface area contributed by atoms with E-state index in [-0.39, 0.29) is 19.1 Å². The van der Waals surface area contributed by atoms with E-state index in [1.165, 1.54) is 14.2 Å². The van der Waals surface area contributed by atoms with Crippen molar-refractivity contribution in [2.24, 2.45) is 5.41 Å². The van der Waals surface area contributed by atoms with Gasteiger partial charge in [-0.1, -0.05) is 0 Å². The van der Waals surface area contributed by atoms with Gasteiger partial charge in [0.2, 0.25) is 0 Å². The van der Waals surface area contributed by atoms with E-state index in [9.17, 15) is 14.7 Å². The van der Waals surface area contributed by atoms with Gasteiger partial charge in [-0.05, 0) is 47.0 Å². The Morgan fingerprint density at radius 2 is 2.13 bits per heavy atom. The molecule has 1 unspecified atom stereocenters. The first-order valence-electron chi connectivity index (χ1n) is 7.28. The predicted molar refractivity (Wildman–Crippen MR) is 87.8 cm³/mol. The summed E-state index contributed by atoms with van der Waals surface area (Å²) in [5.74, 6) is -0.561. The summed E-state index contributed by atoms with van der Waals surface area (Å²) in [5.41, 5.74) is -0.587. The fourth-order valence-electron chi connectivity index (χ4n) is 2.90. The van der Waals surface area contributed by atoms with Crippen LogP contribution >= 0.6 is 15.9 Å². The summed E-state index contributed by atoms with van der Waals surface area (Å²) in [6.45, 7) is 0.755. The van der Waals surface area contributed by atoms with E-state index < -0.39 is 11.4 Å². The second-order valence-electron chi connectivity index (χ2n) is 5.69. The fraction of sp³-hybridized carbons (Fsp3) is 0.500. The number of ether oxygens (including phenoxy) is 2. The maximum atomic E-state index is 12.8. The summed E-state index contributed by atoms with van der Waals surface area (Å²) in [7, 11) is 3.01. The van der Waals surface area contributed by atoms with Crippen molar-refractivity contribution in [3.63, 3.8) is 0 Å². The lowest BCUT2D eigenvalue weighted by Gasteiger charge is -2.39. The third-order valence-electron chi connectivity index (χ3n) is 4.14. The highest BCUT2D eigenvalue weighted by Gasteiger charge is 2.44. The van der Waals surface area contributed by atoms with Crippen molar-refractivity contribution in [3.8, 4) is 5.75 Å². The zero-order chi connectivity index (χ0) is 17.0. The molecule has 0 aliphatic carbocycles. The summed E-state index contributed by atoms with van der Waals surface area (Å²) in [6.07, 6.45) is 1.13. The van der Waals surface area contributed by atoms with E-state index in [1.54, 1.807) is 23.1 Å². The standard InChI is InChI=1S/C16H20BrNO5/c1-22-10-16(15(20)21)6-3-7-18(9-16)14(19)12-8-11(23-2)4-5-13(12)17/h4-5,8H,3,6-7,9-10H2,1-2H3,(H,20,21). The predicted octanol–water partition coefficient (Wildman–Crippen LogP) is 2.41. The van der Waals surface area contributed by atoms with E-state index in [4.69, 9.17) is 9.47 Å². The Labute approximate surface area is 143 Å². The van der Waals surface area contributed by atoms with Gasteiger partial charge < -0.3 is 19.5 Å². The minimum atomic E-state index is -1.05. The Hall–Kier alpha value is -1.60. The zero-order valence-corrected chi connectivity index (χ0v) is 14.8. The molecular formula is C16H20BrNO5. The van der Waals surface area contributed by atoms with Crippen molar-refractivity contribution < 1.29 is 24.2 Å². The summed E-state index contributed by atoms with van der Waals surface area (Å²) < 4.78 is 10.9. The molecule has 1 atom stereocenters. The first-order chi connectivity index (χ1) is 10.9. The van der Waals surface area contributed by atoms with Gasteiger partial charge in [-0.25, -0.2) is 0 Å². The van der Waals surface area contributed by atoms with E-state index >= 15 is 0 Å². The molecule has 1 fully saturated rings. The van der Waals surface area contributed by atoms with Crippen LogP contribution < -0.4 is 4.74 Å². The first kappa shape index (κ1) is 17.7. The highest BCUT2D eigenvalue weighted by Crippen LogP contribution is 2.33. The Balaban J connectivity index is 2.27. The van der Waals surface area contributed by atoms with Gasteiger partial charge in [-0.15, -0.1) is 0 Å². The van der Waals surface area contributed by atoms with Crippen LogP contribution in [0.3, 0.4) is 0 Å². The number of rotatable bonds is 5. The molecule has 6 nitrogen and oxygen atoms in total. The number of piperidine rings is 1. The molecule has 2 rings (SSSR count). The number of carboxylic acids is 1. The van der Waals surface area contributed by atoms with Gasteiger partial charge in [0.15, 0.2) is 0 Å². The summed E-state index contributed by atoms with van der Waals surface area (Å²) >= 11 is 3.37. The van der Waals surface area contributed by atoms with E-state index in [0.717, 1.165) is 0 Å². The zero-order valence-electron chi connectivity index (χ0n) is 13.2. The molecule has 1 N–H and O–H groups in total. The van der Waals surface area contributed by atoms with E-state index in [1.807, 2.05) is 0 Å². The number of carboxylic acid groups (broad SMARTS) is 1. The third kappa shape index (κ3) is 3.67. The van der Waals surface area contributed by atoms with E-state index in [2.05, 4.69) is 15.9 Å². The van der Waals surface area contributed by atoms with Gasteiger partial charge in [0.25, 0.3) is 5.91 Å². The van der Waals surface area contributed by atoms with Gasteiger partial charge >= 0.3 is 5.97 Å². The second kappa shape index (κ2) is 7.31. The van der Waals surface area contributed by atoms with Crippen LogP contribution in [-0.2, 0) is 9.53 Å². The fourth-order valence-corrected chi connectivity index (χ4v) is 3.32. The molecule has 0 spiro atoms. The molecule has 0 aromatic heterocycles. The Bertz CT molecular complexity index is 602. The second-order valence-corrected chi connectivity index (χ2v) is 6.55. The van der Waals surface area contributed by atoms with Crippen molar-refractivity contribution in [1.29, 1.82) is 0 Å². The van der Waals surface area contributed by atoms with Crippen LogP contribution in [-0.4, -0.2) is 55.8 Å². The summed E-state index contributed by atoms with van der Waals surface area (Å²) in [4.78, 5) is 26.1. The highest BCUT2D eigenvalue weighted by atomic mass is 79.9. The van der Waals surface area contributed by atoms with Crippen molar-refractivity contribution >= 4 is 27.8 Å². The Kier molecular flexibility index (Phi) is 5.64. The van der Waals surface area contributed by atoms with Crippen LogP contribution in [0.15, 0.2) is 22.7 Å². The molecule has 1 aromatic carbocycles. The molecule has 1 heterocycles. The lowest BCUT2D eigenvalue weighted by molar-refractivity contribution is -0.155. The molecule has 1 aliphatic heterocycles. The lowest BCUT2D eigenvalue weighted by atomic mass is 9.80. The number of hydrogen-bond donors (Lipinski definition) is 1. The van der Waals surface area contributed by atoms with Crippen molar-refractivity contribution in [1.82, 2.24) is 4.90 Å². The smallest absolute Gasteiger partial charge is 0.313 e. The number of halogens is 1. The summed E-state index contributed by atoms with van der Waals surface area (Å²) in [6, 6.07) is 5.15. The lowest BCUT2D eigenvalue weighted by Crippen LogP contribution is -2.52. The number of likely N-dealkylation sites (tertiary alicyclic amines) is 1. The number of carbonyl (C=O) groups excluding carboxylic acids is 1. The van der Waals surface area contributed by atoms with Crippen LogP contribution in [0.5, 0.6) is 5.75 Å². The molecule has 1 saturated heterocycles. The van der Waals surface area contributed by atoms with Crippen molar-refractivity contribution in [3.05, 3.63) is 28.2 Å². The normalized spacial score (nSPS) is 21.1. The monoisotopic (exact) mass is 385 g/mol. The highest BCUT2D eigenvalue weighted by molar-refractivity contribution is 9.10. The number of carbonyl (C=O) groups is 2. The molecule has 0 saturated carbocycles. The maximum Gasteiger partial charge on any atom is 0.313 e. The molecule has 23 heavy (non-hydrogen) atoms.